The van der Waals surface area contributed by atoms with Crippen molar-refractivity contribution in [2.24, 2.45) is 5.92 Å². The fraction of sp³-hybridized carbons (Fsp3) is 0.556. The predicted octanol–water partition coefficient (Wildman–Crippen LogP) is 3.05. The van der Waals surface area contributed by atoms with Gasteiger partial charge in [0.05, 0.1) is 3.79 Å². The van der Waals surface area contributed by atoms with E-state index in [0.29, 0.717) is 4.21 Å². The van der Waals surface area contributed by atoms with Gasteiger partial charge in [0.15, 0.2) is 0 Å². The van der Waals surface area contributed by atoms with E-state index in [1.165, 1.54) is 11.3 Å². The largest absolute Gasteiger partial charge is 0.250 e. The van der Waals surface area contributed by atoms with Crippen LogP contribution in [0.25, 0.3) is 0 Å². The summed E-state index contributed by atoms with van der Waals surface area (Å²) in [6, 6.07) is 3.04. The Kier molecular flexibility index (Phi) is 5.25. The van der Waals surface area contributed by atoms with Crippen molar-refractivity contribution in [2.75, 3.05) is 5.88 Å². The summed E-state index contributed by atoms with van der Waals surface area (Å²) in [6.07, 6.45) is 0. The minimum absolute atomic E-state index is 0.163. The van der Waals surface area contributed by atoms with Crippen molar-refractivity contribution in [1.82, 2.24) is 4.72 Å². The summed E-state index contributed by atoms with van der Waals surface area (Å²) >= 11 is 10.1. The van der Waals surface area contributed by atoms with Crippen molar-refractivity contribution >= 4 is 48.9 Å². The van der Waals surface area contributed by atoms with Gasteiger partial charge >= 0.3 is 0 Å². The van der Waals surface area contributed by atoms with Crippen molar-refractivity contribution in [3.63, 3.8) is 0 Å². The second-order valence-electron chi connectivity index (χ2n) is 3.68. The van der Waals surface area contributed by atoms with Crippen LogP contribution in [0.1, 0.15) is 13.8 Å². The van der Waals surface area contributed by atoms with E-state index < -0.39 is 10.0 Å². The molecule has 1 unspecified atom stereocenters. The highest BCUT2D eigenvalue weighted by Gasteiger charge is 2.22. The summed E-state index contributed by atoms with van der Waals surface area (Å²) in [5, 5.41) is 0. The van der Waals surface area contributed by atoms with Gasteiger partial charge in [0, 0.05) is 11.9 Å². The molecular weight excluding hydrogens is 334 g/mol. The molecule has 0 aliphatic heterocycles. The van der Waals surface area contributed by atoms with Crippen LogP contribution in [-0.4, -0.2) is 20.3 Å². The molecule has 16 heavy (non-hydrogen) atoms. The standard InChI is InChI=1S/C9H13BrClNO2S2/c1-6(2)7(5-11)12-16(13,14)9-4-3-8(10)15-9/h3-4,6-7,12H,5H2,1-2H3. The highest BCUT2D eigenvalue weighted by molar-refractivity contribution is 9.11. The van der Waals surface area contributed by atoms with Gasteiger partial charge in [-0.3, -0.25) is 0 Å². The summed E-state index contributed by atoms with van der Waals surface area (Å²) in [5.74, 6) is 0.430. The Morgan fingerprint density at radius 2 is 2.12 bits per heavy atom. The number of hydrogen-bond acceptors (Lipinski definition) is 3. The second kappa shape index (κ2) is 5.82. The third-order valence-corrected chi connectivity index (χ3v) is 6.03. The van der Waals surface area contributed by atoms with Crippen LogP contribution in [0.4, 0.5) is 0 Å². The number of alkyl halides is 1. The summed E-state index contributed by atoms with van der Waals surface area (Å²) in [5.41, 5.74) is 0. The third-order valence-electron chi connectivity index (χ3n) is 2.09. The van der Waals surface area contributed by atoms with E-state index in [-0.39, 0.29) is 17.8 Å². The molecule has 92 valence electrons. The van der Waals surface area contributed by atoms with Gasteiger partial charge < -0.3 is 0 Å². The molecular formula is C9H13BrClNO2S2. The molecule has 1 heterocycles. The zero-order valence-corrected chi connectivity index (χ0v) is 12.9. The van der Waals surface area contributed by atoms with E-state index in [2.05, 4.69) is 20.7 Å². The normalized spacial score (nSPS) is 14.3. The molecule has 0 aliphatic carbocycles. The molecule has 0 fully saturated rings. The Labute approximate surface area is 113 Å². The Hall–Kier alpha value is 0.380. The van der Waals surface area contributed by atoms with E-state index in [1.807, 2.05) is 13.8 Å². The lowest BCUT2D eigenvalue weighted by molar-refractivity contribution is 0.481. The highest BCUT2D eigenvalue weighted by Crippen LogP contribution is 2.26. The number of halogens is 2. The molecule has 0 saturated heterocycles. The lowest BCUT2D eigenvalue weighted by atomic mass is 10.1. The van der Waals surface area contributed by atoms with Gasteiger partial charge in [0.1, 0.15) is 4.21 Å². The number of hydrogen-bond donors (Lipinski definition) is 1. The first-order chi connectivity index (χ1) is 7.36. The van der Waals surface area contributed by atoms with Crippen LogP contribution in [0.5, 0.6) is 0 Å². The maximum Gasteiger partial charge on any atom is 0.250 e. The van der Waals surface area contributed by atoms with Gasteiger partial charge in [-0.2, -0.15) is 0 Å². The number of sulfonamides is 1. The van der Waals surface area contributed by atoms with Crippen molar-refractivity contribution in [3.8, 4) is 0 Å². The number of nitrogens with one attached hydrogen (secondary N) is 1. The van der Waals surface area contributed by atoms with E-state index in [9.17, 15) is 8.42 Å². The van der Waals surface area contributed by atoms with Crippen LogP contribution >= 0.6 is 38.9 Å². The zero-order valence-electron chi connectivity index (χ0n) is 8.91. The molecule has 0 bridgehead atoms. The molecule has 1 atom stereocenters. The molecule has 0 aliphatic rings. The van der Waals surface area contributed by atoms with Gasteiger partial charge in [-0.1, -0.05) is 13.8 Å². The predicted molar refractivity (Wildman–Crippen MR) is 71.7 cm³/mol. The van der Waals surface area contributed by atoms with Crippen LogP contribution < -0.4 is 4.72 Å². The van der Waals surface area contributed by atoms with E-state index in [0.717, 1.165) is 3.79 Å². The molecule has 1 aromatic heterocycles. The minimum Gasteiger partial charge on any atom is -0.206 e. The highest BCUT2D eigenvalue weighted by atomic mass is 79.9. The number of rotatable bonds is 5. The van der Waals surface area contributed by atoms with Gasteiger partial charge in [0.25, 0.3) is 0 Å². The average molecular weight is 347 g/mol. The number of thiophene rings is 1. The van der Waals surface area contributed by atoms with E-state index in [1.54, 1.807) is 12.1 Å². The summed E-state index contributed by atoms with van der Waals surface area (Å²) in [6.45, 7) is 3.86. The molecule has 1 N–H and O–H groups in total. The summed E-state index contributed by atoms with van der Waals surface area (Å²) in [4.78, 5) is 0. The van der Waals surface area contributed by atoms with E-state index in [4.69, 9.17) is 11.6 Å². The molecule has 7 heteroatoms. The first-order valence-corrected chi connectivity index (χ1v) is 8.33. The molecule has 0 aromatic carbocycles. The Morgan fingerprint density at radius 1 is 1.50 bits per heavy atom. The monoisotopic (exact) mass is 345 g/mol. The molecule has 1 aromatic rings. The van der Waals surface area contributed by atoms with Gasteiger partial charge in [-0.25, -0.2) is 13.1 Å². The second-order valence-corrected chi connectivity index (χ2v) is 8.40. The SMILES string of the molecule is CC(C)C(CCl)NS(=O)(=O)c1ccc(Br)s1. The molecule has 3 nitrogen and oxygen atoms in total. The van der Waals surface area contributed by atoms with Crippen LogP contribution in [0.15, 0.2) is 20.1 Å². The molecule has 0 saturated carbocycles. The van der Waals surface area contributed by atoms with Crippen molar-refractivity contribution in [2.45, 2.75) is 24.1 Å². The van der Waals surface area contributed by atoms with Crippen LogP contribution in [0.2, 0.25) is 0 Å². The summed E-state index contributed by atoms with van der Waals surface area (Å²) < 4.78 is 27.6. The van der Waals surface area contributed by atoms with Gasteiger partial charge in [-0.15, -0.1) is 22.9 Å². The maximum atomic E-state index is 11.9. The maximum absolute atomic E-state index is 11.9. The molecule has 0 radical (unpaired) electrons. The summed E-state index contributed by atoms with van der Waals surface area (Å²) in [7, 11) is -3.44. The Bertz CT molecular complexity index is 444. The van der Waals surface area contributed by atoms with E-state index >= 15 is 0 Å². The Balaban J connectivity index is 2.87. The first kappa shape index (κ1) is 14.4. The fourth-order valence-electron chi connectivity index (χ4n) is 1.05. The molecule has 0 spiro atoms. The first-order valence-electron chi connectivity index (χ1n) is 4.70. The fourth-order valence-corrected chi connectivity index (χ4v) is 4.98. The van der Waals surface area contributed by atoms with Crippen molar-refractivity contribution < 1.29 is 8.42 Å². The van der Waals surface area contributed by atoms with Crippen LogP contribution in [0.3, 0.4) is 0 Å². The van der Waals surface area contributed by atoms with Gasteiger partial charge in [-0.05, 0) is 34.0 Å². The van der Waals surface area contributed by atoms with Crippen molar-refractivity contribution in [3.05, 3.63) is 15.9 Å². The lowest BCUT2D eigenvalue weighted by Gasteiger charge is -2.18. The molecule has 0 amide bonds. The average Bonchev–Trinajstić information content (AvgIpc) is 2.61. The topological polar surface area (TPSA) is 46.2 Å². The Morgan fingerprint density at radius 3 is 2.50 bits per heavy atom. The minimum atomic E-state index is -3.44. The third kappa shape index (κ3) is 3.70. The van der Waals surface area contributed by atoms with Crippen molar-refractivity contribution in [1.29, 1.82) is 0 Å². The van der Waals surface area contributed by atoms with Crippen LogP contribution in [-0.2, 0) is 10.0 Å². The zero-order chi connectivity index (χ0) is 12.3. The smallest absolute Gasteiger partial charge is 0.206 e. The molecule has 1 rings (SSSR count). The quantitative estimate of drug-likeness (QED) is 0.833. The van der Waals surface area contributed by atoms with Gasteiger partial charge in [0.2, 0.25) is 10.0 Å². The van der Waals surface area contributed by atoms with Crippen LogP contribution in [0, 0.1) is 5.92 Å². The lowest BCUT2D eigenvalue weighted by Crippen LogP contribution is -2.39.